The molecule has 1 aromatic heterocycles. The molecule has 2 atom stereocenters. The van der Waals surface area contributed by atoms with Gasteiger partial charge in [-0.15, -0.1) is 0 Å². The van der Waals surface area contributed by atoms with Crippen molar-refractivity contribution in [3.05, 3.63) is 29.8 Å². The molecule has 4 heteroatoms. The predicted molar refractivity (Wildman–Crippen MR) is 79.2 cm³/mol. The molecule has 0 spiro atoms. The minimum Gasteiger partial charge on any atom is -0.324 e. The van der Waals surface area contributed by atoms with Crippen molar-refractivity contribution < 1.29 is 4.39 Å². The summed E-state index contributed by atoms with van der Waals surface area (Å²) in [6.07, 6.45) is 2.43. The van der Waals surface area contributed by atoms with Crippen LogP contribution in [0.15, 0.2) is 18.2 Å². The lowest BCUT2D eigenvalue weighted by Crippen LogP contribution is -2.35. The summed E-state index contributed by atoms with van der Waals surface area (Å²) in [5, 5.41) is 3.58. The predicted octanol–water partition coefficient (Wildman–Crippen LogP) is 3.82. The van der Waals surface area contributed by atoms with Crippen LogP contribution in [0.3, 0.4) is 0 Å². The molecule has 108 valence electrons. The molecule has 2 unspecified atom stereocenters. The van der Waals surface area contributed by atoms with E-state index in [1.807, 2.05) is 0 Å². The van der Waals surface area contributed by atoms with Crippen LogP contribution in [-0.2, 0) is 0 Å². The summed E-state index contributed by atoms with van der Waals surface area (Å²) in [6, 6.07) is 5.40. The molecule has 0 bridgehead atoms. The quantitative estimate of drug-likeness (QED) is 0.903. The van der Waals surface area contributed by atoms with Gasteiger partial charge in [-0.1, -0.05) is 6.92 Å². The summed E-state index contributed by atoms with van der Waals surface area (Å²) in [7, 11) is 0. The van der Waals surface area contributed by atoms with Crippen LogP contribution in [0.2, 0.25) is 0 Å². The van der Waals surface area contributed by atoms with Gasteiger partial charge >= 0.3 is 0 Å². The van der Waals surface area contributed by atoms with Crippen LogP contribution in [0, 0.1) is 11.7 Å². The van der Waals surface area contributed by atoms with Crippen LogP contribution < -0.4 is 5.32 Å². The van der Waals surface area contributed by atoms with Crippen molar-refractivity contribution in [3.63, 3.8) is 0 Å². The smallest absolute Gasteiger partial charge is 0.127 e. The van der Waals surface area contributed by atoms with Crippen molar-refractivity contribution in [1.82, 2.24) is 14.9 Å². The Morgan fingerprint density at radius 2 is 2.20 bits per heavy atom. The highest BCUT2D eigenvalue weighted by Crippen LogP contribution is 2.32. The number of fused-ring (bicyclic) bond motifs is 1. The number of hydrogen-bond acceptors (Lipinski definition) is 2. The summed E-state index contributed by atoms with van der Waals surface area (Å²) >= 11 is 0. The topological polar surface area (TPSA) is 29.9 Å². The fraction of sp³-hybridized carbons (Fsp3) is 0.562. The minimum atomic E-state index is -0.199. The van der Waals surface area contributed by atoms with Crippen molar-refractivity contribution in [2.24, 2.45) is 5.92 Å². The first-order valence-corrected chi connectivity index (χ1v) is 7.48. The lowest BCUT2D eigenvalue weighted by atomic mass is 9.92. The molecule has 3 rings (SSSR count). The average molecular weight is 275 g/mol. The van der Waals surface area contributed by atoms with Crippen molar-refractivity contribution in [1.29, 1.82) is 0 Å². The first-order chi connectivity index (χ1) is 9.58. The van der Waals surface area contributed by atoms with E-state index in [-0.39, 0.29) is 17.9 Å². The molecule has 1 aliphatic heterocycles. The number of hydrogen-bond donors (Lipinski definition) is 1. The Kier molecular flexibility index (Phi) is 3.50. The zero-order valence-corrected chi connectivity index (χ0v) is 12.4. The van der Waals surface area contributed by atoms with E-state index in [0.717, 1.165) is 23.4 Å². The summed E-state index contributed by atoms with van der Waals surface area (Å²) in [5.41, 5.74) is 1.78. The third kappa shape index (κ3) is 2.22. The Hall–Kier alpha value is -1.42. The molecule has 0 saturated carbocycles. The monoisotopic (exact) mass is 275 g/mol. The lowest BCUT2D eigenvalue weighted by Gasteiger charge is -2.30. The van der Waals surface area contributed by atoms with Crippen LogP contribution in [0.1, 0.15) is 51.5 Å². The molecule has 1 fully saturated rings. The molecule has 1 N–H and O–H groups in total. The van der Waals surface area contributed by atoms with E-state index in [4.69, 9.17) is 4.98 Å². The Morgan fingerprint density at radius 1 is 1.40 bits per heavy atom. The molecule has 0 aliphatic carbocycles. The fourth-order valence-corrected chi connectivity index (χ4v) is 3.24. The molecule has 1 saturated heterocycles. The second-order valence-corrected chi connectivity index (χ2v) is 6.12. The second-order valence-electron chi connectivity index (χ2n) is 6.12. The lowest BCUT2D eigenvalue weighted by molar-refractivity contribution is 0.286. The van der Waals surface area contributed by atoms with E-state index >= 15 is 0 Å². The largest absolute Gasteiger partial charge is 0.324 e. The number of nitrogens with one attached hydrogen (secondary N) is 1. The molecule has 1 aromatic carbocycles. The zero-order chi connectivity index (χ0) is 14.3. The Balaban J connectivity index is 2.16. The summed E-state index contributed by atoms with van der Waals surface area (Å²) in [5.74, 6) is 1.41. The zero-order valence-electron chi connectivity index (χ0n) is 12.4. The molecular weight excluding hydrogens is 253 g/mol. The second kappa shape index (κ2) is 5.17. The van der Waals surface area contributed by atoms with E-state index in [1.54, 1.807) is 12.1 Å². The Bertz CT molecular complexity index is 617. The number of piperidine rings is 1. The fourth-order valence-electron chi connectivity index (χ4n) is 3.24. The first kappa shape index (κ1) is 13.6. The van der Waals surface area contributed by atoms with Gasteiger partial charge < -0.3 is 9.88 Å². The molecule has 0 amide bonds. The first-order valence-electron chi connectivity index (χ1n) is 7.48. The van der Waals surface area contributed by atoms with Gasteiger partial charge in [0.05, 0.1) is 17.1 Å². The van der Waals surface area contributed by atoms with E-state index in [9.17, 15) is 4.39 Å². The SMILES string of the molecule is CC1CCCNC1c1nc2ccc(F)cc2n1C(C)C. The highest BCUT2D eigenvalue weighted by atomic mass is 19.1. The molecule has 2 aromatic rings. The van der Waals surface area contributed by atoms with Crippen molar-refractivity contribution >= 4 is 11.0 Å². The number of benzene rings is 1. The van der Waals surface area contributed by atoms with Gasteiger partial charge in [0.2, 0.25) is 0 Å². The third-order valence-electron chi connectivity index (χ3n) is 4.24. The van der Waals surface area contributed by atoms with Crippen LogP contribution in [0.25, 0.3) is 11.0 Å². The number of nitrogens with zero attached hydrogens (tertiary/aromatic N) is 2. The van der Waals surface area contributed by atoms with Gasteiger partial charge in [-0.25, -0.2) is 9.37 Å². The standard InChI is InChI=1S/C16H22FN3/c1-10(2)20-14-9-12(17)6-7-13(14)19-16(20)15-11(3)5-4-8-18-15/h6-7,9-11,15,18H,4-5,8H2,1-3H3. The van der Waals surface area contributed by atoms with Gasteiger partial charge in [0.25, 0.3) is 0 Å². The maximum atomic E-state index is 13.6. The van der Waals surface area contributed by atoms with Gasteiger partial charge in [0.1, 0.15) is 11.6 Å². The average Bonchev–Trinajstić information content (AvgIpc) is 2.77. The summed E-state index contributed by atoms with van der Waals surface area (Å²) in [6.45, 7) is 7.55. The van der Waals surface area contributed by atoms with E-state index < -0.39 is 0 Å². The van der Waals surface area contributed by atoms with Gasteiger partial charge in [-0.3, -0.25) is 0 Å². The Morgan fingerprint density at radius 3 is 2.90 bits per heavy atom. The van der Waals surface area contributed by atoms with E-state index in [1.165, 1.54) is 18.9 Å². The van der Waals surface area contributed by atoms with Crippen LogP contribution in [-0.4, -0.2) is 16.1 Å². The summed E-state index contributed by atoms with van der Waals surface area (Å²) in [4.78, 5) is 4.78. The van der Waals surface area contributed by atoms with Crippen molar-refractivity contribution in [3.8, 4) is 0 Å². The Labute approximate surface area is 119 Å². The van der Waals surface area contributed by atoms with Crippen molar-refractivity contribution in [2.75, 3.05) is 6.54 Å². The van der Waals surface area contributed by atoms with Gasteiger partial charge in [0.15, 0.2) is 0 Å². The highest BCUT2D eigenvalue weighted by molar-refractivity contribution is 5.76. The molecule has 1 aliphatic rings. The minimum absolute atomic E-state index is 0.199. The van der Waals surface area contributed by atoms with Gasteiger partial charge in [-0.2, -0.15) is 0 Å². The number of imidazole rings is 1. The summed E-state index contributed by atoms with van der Waals surface area (Å²) < 4.78 is 15.7. The third-order valence-corrected chi connectivity index (χ3v) is 4.24. The number of aromatic nitrogens is 2. The van der Waals surface area contributed by atoms with Gasteiger partial charge in [-0.05, 0) is 57.4 Å². The number of rotatable bonds is 2. The molecular formula is C16H22FN3. The number of halogens is 1. The maximum absolute atomic E-state index is 13.6. The van der Waals surface area contributed by atoms with Crippen molar-refractivity contribution in [2.45, 2.75) is 45.7 Å². The van der Waals surface area contributed by atoms with Crippen LogP contribution in [0.4, 0.5) is 4.39 Å². The highest BCUT2D eigenvalue weighted by Gasteiger charge is 2.28. The molecule has 20 heavy (non-hydrogen) atoms. The van der Waals surface area contributed by atoms with Crippen LogP contribution >= 0.6 is 0 Å². The van der Waals surface area contributed by atoms with Crippen LogP contribution in [0.5, 0.6) is 0 Å². The molecule has 2 heterocycles. The van der Waals surface area contributed by atoms with Gasteiger partial charge in [0, 0.05) is 6.04 Å². The van der Waals surface area contributed by atoms with E-state index in [2.05, 4.69) is 30.7 Å². The normalized spacial score (nSPS) is 23.6. The maximum Gasteiger partial charge on any atom is 0.127 e. The molecule has 3 nitrogen and oxygen atoms in total. The molecule has 0 radical (unpaired) electrons. The van der Waals surface area contributed by atoms with E-state index in [0.29, 0.717) is 5.92 Å².